The minimum Gasteiger partial charge on any atom is -0.483 e. The van der Waals surface area contributed by atoms with Crippen molar-refractivity contribution in [3.63, 3.8) is 0 Å². The average Bonchev–Trinajstić information content (AvgIpc) is 2.60. The van der Waals surface area contributed by atoms with Gasteiger partial charge in [-0.25, -0.2) is 0 Å². The van der Waals surface area contributed by atoms with Crippen LogP contribution in [0.15, 0.2) is 36.4 Å². The van der Waals surface area contributed by atoms with E-state index >= 15 is 0 Å². The Morgan fingerprint density at radius 2 is 1.57 bits per heavy atom. The maximum absolute atomic E-state index is 12.1. The molecule has 0 aromatic heterocycles. The maximum atomic E-state index is 12.1. The van der Waals surface area contributed by atoms with Crippen LogP contribution in [0.2, 0.25) is 0 Å². The van der Waals surface area contributed by atoms with E-state index < -0.39 is 12.5 Å². The summed E-state index contributed by atoms with van der Waals surface area (Å²) in [6, 6.07) is 10.8. The van der Waals surface area contributed by atoms with E-state index in [1.807, 2.05) is 32.9 Å². The van der Waals surface area contributed by atoms with Gasteiger partial charge < -0.3 is 20.5 Å². The van der Waals surface area contributed by atoms with Gasteiger partial charge in [0.05, 0.1) is 6.42 Å². The Balaban J connectivity index is 1.86. The van der Waals surface area contributed by atoms with Crippen LogP contribution in [0.4, 0.5) is 5.69 Å². The number of carbonyl (C=O) groups is 3. The van der Waals surface area contributed by atoms with Gasteiger partial charge in [-0.1, -0.05) is 29.8 Å². The predicted molar refractivity (Wildman–Crippen MR) is 106 cm³/mol. The average molecular weight is 384 g/mol. The Bertz CT molecular complexity index is 852. The summed E-state index contributed by atoms with van der Waals surface area (Å²) in [7, 11) is 0. The number of hydrogen-bond acceptors (Lipinski definition) is 4. The van der Waals surface area contributed by atoms with Crippen LogP contribution in [0.3, 0.4) is 0 Å². The number of carbonyl (C=O) groups excluding carboxylic acids is 2. The molecular formula is C21H24N2O5. The van der Waals surface area contributed by atoms with Crippen molar-refractivity contribution in [2.45, 2.75) is 27.2 Å². The summed E-state index contributed by atoms with van der Waals surface area (Å²) in [5.74, 6) is -1.05. The van der Waals surface area contributed by atoms with Gasteiger partial charge in [0.25, 0.3) is 5.91 Å². The van der Waals surface area contributed by atoms with Gasteiger partial charge in [-0.05, 0) is 49.6 Å². The topological polar surface area (TPSA) is 105 Å². The van der Waals surface area contributed by atoms with Crippen molar-refractivity contribution in [1.82, 2.24) is 5.32 Å². The lowest BCUT2D eigenvalue weighted by atomic mass is 10.1. The molecule has 2 amide bonds. The van der Waals surface area contributed by atoms with Crippen LogP contribution in [0.25, 0.3) is 0 Å². The molecule has 7 heteroatoms. The van der Waals surface area contributed by atoms with Crippen molar-refractivity contribution in [1.29, 1.82) is 0 Å². The van der Waals surface area contributed by atoms with Crippen LogP contribution in [0, 0.1) is 20.8 Å². The molecule has 0 atom stereocenters. The molecule has 2 aromatic carbocycles. The van der Waals surface area contributed by atoms with Gasteiger partial charge in [-0.3, -0.25) is 14.4 Å². The summed E-state index contributed by atoms with van der Waals surface area (Å²) in [6.45, 7) is 5.38. The molecule has 3 N–H and O–H groups in total. The molecule has 0 saturated carbocycles. The molecule has 0 radical (unpaired) electrons. The van der Waals surface area contributed by atoms with Crippen molar-refractivity contribution in [2.75, 3.05) is 18.5 Å². The molecule has 0 fully saturated rings. The van der Waals surface area contributed by atoms with E-state index in [0.29, 0.717) is 17.0 Å². The number of carboxylic acid groups (broad SMARTS) is 1. The highest BCUT2D eigenvalue weighted by Crippen LogP contribution is 2.24. The normalized spacial score (nSPS) is 10.2. The highest BCUT2D eigenvalue weighted by molar-refractivity contribution is 5.92. The summed E-state index contributed by atoms with van der Waals surface area (Å²) >= 11 is 0. The van der Waals surface area contributed by atoms with Crippen LogP contribution in [-0.4, -0.2) is 36.0 Å². The summed E-state index contributed by atoms with van der Waals surface area (Å²) in [5.41, 5.74) is 4.40. The number of carboxylic acids is 1. The zero-order chi connectivity index (χ0) is 20.7. The number of hydrogen-bond donors (Lipinski definition) is 3. The first-order valence-electron chi connectivity index (χ1n) is 8.82. The Hall–Kier alpha value is -3.35. The Kier molecular flexibility index (Phi) is 7.14. The second-order valence-corrected chi connectivity index (χ2v) is 6.61. The smallest absolute Gasteiger partial charge is 0.322 e. The summed E-state index contributed by atoms with van der Waals surface area (Å²) < 4.78 is 5.67. The Labute approximate surface area is 163 Å². The molecule has 0 bridgehead atoms. The third-order valence-corrected chi connectivity index (χ3v) is 3.99. The summed E-state index contributed by atoms with van der Waals surface area (Å²) in [4.78, 5) is 34.2. The fourth-order valence-corrected chi connectivity index (χ4v) is 2.86. The number of amides is 2. The lowest BCUT2D eigenvalue weighted by Crippen LogP contribution is -2.30. The minimum absolute atomic E-state index is 0.0661. The quantitative estimate of drug-likeness (QED) is 0.648. The second kappa shape index (κ2) is 9.55. The van der Waals surface area contributed by atoms with E-state index in [1.54, 1.807) is 24.3 Å². The van der Waals surface area contributed by atoms with Gasteiger partial charge in [0.1, 0.15) is 12.3 Å². The van der Waals surface area contributed by atoms with E-state index in [9.17, 15) is 14.4 Å². The van der Waals surface area contributed by atoms with Crippen LogP contribution >= 0.6 is 0 Å². The van der Waals surface area contributed by atoms with E-state index in [0.717, 1.165) is 16.7 Å². The molecule has 148 valence electrons. The number of anilines is 1. The fourth-order valence-electron chi connectivity index (χ4n) is 2.86. The first-order chi connectivity index (χ1) is 13.2. The minimum atomic E-state index is -1.09. The van der Waals surface area contributed by atoms with Gasteiger partial charge in [0, 0.05) is 5.69 Å². The van der Waals surface area contributed by atoms with E-state index in [1.165, 1.54) is 0 Å². The number of aryl methyl sites for hydroxylation is 3. The number of rotatable bonds is 8. The third kappa shape index (κ3) is 6.42. The molecule has 2 rings (SSSR count). The van der Waals surface area contributed by atoms with Gasteiger partial charge in [0.15, 0.2) is 6.61 Å². The van der Waals surface area contributed by atoms with Crippen LogP contribution in [0.1, 0.15) is 22.3 Å². The van der Waals surface area contributed by atoms with E-state index in [-0.39, 0.29) is 24.8 Å². The van der Waals surface area contributed by atoms with Gasteiger partial charge in [-0.15, -0.1) is 0 Å². The molecular weight excluding hydrogens is 360 g/mol. The second-order valence-electron chi connectivity index (χ2n) is 6.61. The van der Waals surface area contributed by atoms with E-state index in [4.69, 9.17) is 9.84 Å². The zero-order valence-corrected chi connectivity index (χ0v) is 16.2. The van der Waals surface area contributed by atoms with Crippen LogP contribution in [-0.2, 0) is 20.8 Å². The van der Waals surface area contributed by atoms with Crippen molar-refractivity contribution in [2.24, 2.45) is 0 Å². The van der Waals surface area contributed by atoms with E-state index in [2.05, 4.69) is 10.6 Å². The number of ether oxygens (including phenoxy) is 1. The fraction of sp³-hybridized carbons (Fsp3) is 0.286. The number of aliphatic carboxylic acids is 1. The highest BCUT2D eigenvalue weighted by atomic mass is 16.5. The lowest BCUT2D eigenvalue weighted by molar-refractivity contribution is -0.137. The largest absolute Gasteiger partial charge is 0.483 e. The molecule has 28 heavy (non-hydrogen) atoms. The van der Waals surface area contributed by atoms with Gasteiger partial charge >= 0.3 is 5.97 Å². The molecule has 7 nitrogen and oxygen atoms in total. The molecule has 0 spiro atoms. The predicted octanol–water partition coefficient (Wildman–Crippen LogP) is 2.37. The van der Waals surface area contributed by atoms with Crippen molar-refractivity contribution in [3.05, 3.63) is 58.7 Å². The van der Waals surface area contributed by atoms with Crippen molar-refractivity contribution >= 4 is 23.5 Å². The molecule has 0 aliphatic rings. The summed E-state index contributed by atoms with van der Waals surface area (Å²) in [6.07, 6.45) is 0.0661. The molecule has 0 aliphatic heterocycles. The van der Waals surface area contributed by atoms with Crippen LogP contribution < -0.4 is 15.4 Å². The molecule has 0 heterocycles. The molecule has 2 aromatic rings. The van der Waals surface area contributed by atoms with Crippen molar-refractivity contribution < 1.29 is 24.2 Å². The first-order valence-corrected chi connectivity index (χ1v) is 8.82. The number of nitrogens with one attached hydrogen (secondary N) is 2. The third-order valence-electron chi connectivity index (χ3n) is 3.99. The van der Waals surface area contributed by atoms with Crippen molar-refractivity contribution in [3.8, 4) is 5.75 Å². The number of benzene rings is 2. The lowest BCUT2D eigenvalue weighted by Gasteiger charge is -2.13. The standard InChI is InChI=1S/C21H24N2O5/c1-13-8-14(2)21(15(3)9-13)28-12-19(25)23-17-6-4-16(5-7-17)10-18(24)22-11-20(26)27/h4-9H,10-12H2,1-3H3,(H,22,24)(H,23,25)(H,26,27). The Morgan fingerprint density at radius 1 is 0.964 bits per heavy atom. The Morgan fingerprint density at radius 3 is 2.14 bits per heavy atom. The SMILES string of the molecule is Cc1cc(C)c(OCC(=O)Nc2ccc(CC(=O)NCC(=O)O)cc2)c(C)c1. The van der Waals surface area contributed by atoms with Gasteiger partial charge in [-0.2, -0.15) is 0 Å². The molecule has 0 aliphatic carbocycles. The molecule has 0 unspecified atom stereocenters. The monoisotopic (exact) mass is 384 g/mol. The van der Waals surface area contributed by atoms with Crippen LogP contribution in [0.5, 0.6) is 5.75 Å². The van der Waals surface area contributed by atoms with Gasteiger partial charge in [0.2, 0.25) is 5.91 Å². The zero-order valence-electron chi connectivity index (χ0n) is 16.2. The maximum Gasteiger partial charge on any atom is 0.322 e. The summed E-state index contributed by atoms with van der Waals surface area (Å²) in [5, 5.41) is 13.6. The molecule has 0 saturated heterocycles. The highest BCUT2D eigenvalue weighted by Gasteiger charge is 2.09. The first kappa shape index (κ1) is 21.0.